The standard InChI is InChI=1S/C14H18F3NO5/c1-4-22-12(20)9-8(10(9)14(15,16)17)11(19)18-7(6(2)3)5-23-13(18)21/h6-10H,4-5H2,1-3H3/t7-,8+,9+,10+/m1/s1. The van der Waals surface area contributed by atoms with E-state index in [1.807, 2.05) is 0 Å². The van der Waals surface area contributed by atoms with Gasteiger partial charge in [0.05, 0.1) is 30.4 Å². The number of ether oxygens (including phenoxy) is 2. The molecule has 1 aliphatic heterocycles. The zero-order chi connectivity index (χ0) is 17.5. The monoisotopic (exact) mass is 337 g/mol. The summed E-state index contributed by atoms with van der Waals surface area (Å²) in [7, 11) is 0. The van der Waals surface area contributed by atoms with Crippen LogP contribution >= 0.6 is 0 Å². The predicted molar refractivity (Wildman–Crippen MR) is 70.0 cm³/mol. The van der Waals surface area contributed by atoms with Crippen LogP contribution in [0.15, 0.2) is 0 Å². The first-order chi connectivity index (χ1) is 10.6. The Morgan fingerprint density at radius 3 is 2.43 bits per heavy atom. The Balaban J connectivity index is 2.23. The molecule has 4 atom stereocenters. The van der Waals surface area contributed by atoms with E-state index < -0.39 is 47.9 Å². The van der Waals surface area contributed by atoms with E-state index in [0.717, 1.165) is 0 Å². The number of cyclic esters (lactones) is 1. The molecule has 0 aromatic rings. The van der Waals surface area contributed by atoms with E-state index in [-0.39, 0.29) is 19.1 Å². The number of halogens is 3. The molecule has 23 heavy (non-hydrogen) atoms. The molecule has 0 aromatic heterocycles. The molecule has 0 unspecified atom stereocenters. The summed E-state index contributed by atoms with van der Waals surface area (Å²) in [5.74, 6) is -7.59. The van der Waals surface area contributed by atoms with Crippen molar-refractivity contribution in [1.82, 2.24) is 4.90 Å². The van der Waals surface area contributed by atoms with Gasteiger partial charge in [-0.25, -0.2) is 9.69 Å². The minimum absolute atomic E-state index is 0.0598. The van der Waals surface area contributed by atoms with Gasteiger partial charge in [-0.2, -0.15) is 13.2 Å². The molecule has 9 heteroatoms. The third kappa shape index (κ3) is 3.13. The molecule has 6 nitrogen and oxygen atoms in total. The van der Waals surface area contributed by atoms with Gasteiger partial charge in [0.2, 0.25) is 5.91 Å². The molecule has 2 fully saturated rings. The highest BCUT2D eigenvalue weighted by atomic mass is 19.4. The number of amides is 2. The van der Waals surface area contributed by atoms with Crippen molar-refractivity contribution in [3.63, 3.8) is 0 Å². The minimum atomic E-state index is -4.71. The van der Waals surface area contributed by atoms with E-state index in [2.05, 4.69) is 4.74 Å². The van der Waals surface area contributed by atoms with E-state index in [1.54, 1.807) is 13.8 Å². The molecular weight excluding hydrogens is 319 g/mol. The second kappa shape index (κ2) is 6.01. The van der Waals surface area contributed by atoms with Gasteiger partial charge in [0.1, 0.15) is 6.61 Å². The molecule has 2 rings (SSSR count). The van der Waals surface area contributed by atoms with E-state index in [9.17, 15) is 27.6 Å². The summed E-state index contributed by atoms with van der Waals surface area (Å²) in [5.41, 5.74) is 0. The summed E-state index contributed by atoms with van der Waals surface area (Å²) >= 11 is 0. The fourth-order valence-corrected chi connectivity index (χ4v) is 2.90. The summed E-state index contributed by atoms with van der Waals surface area (Å²) in [6, 6.07) is -0.632. The maximum atomic E-state index is 13.0. The number of imide groups is 1. The summed E-state index contributed by atoms with van der Waals surface area (Å²) < 4.78 is 48.5. The van der Waals surface area contributed by atoms with E-state index in [1.165, 1.54) is 6.92 Å². The molecule has 0 bridgehead atoms. The third-order valence-corrected chi connectivity index (χ3v) is 4.15. The summed E-state index contributed by atoms with van der Waals surface area (Å²) in [4.78, 5) is 36.5. The number of nitrogens with zero attached hydrogens (tertiary/aromatic N) is 1. The average molecular weight is 337 g/mol. The maximum Gasteiger partial charge on any atom is 0.416 e. The largest absolute Gasteiger partial charge is 0.466 e. The minimum Gasteiger partial charge on any atom is -0.466 e. The highest BCUT2D eigenvalue weighted by Gasteiger charge is 2.72. The number of esters is 1. The van der Waals surface area contributed by atoms with Gasteiger partial charge in [0.25, 0.3) is 0 Å². The molecule has 2 aliphatic rings. The Labute approximate surface area is 130 Å². The van der Waals surface area contributed by atoms with Crippen LogP contribution in [0.3, 0.4) is 0 Å². The van der Waals surface area contributed by atoms with Crippen LogP contribution in [0.4, 0.5) is 18.0 Å². The molecule has 1 heterocycles. The molecule has 1 saturated heterocycles. The van der Waals surface area contributed by atoms with Crippen LogP contribution in [-0.2, 0) is 19.1 Å². The van der Waals surface area contributed by atoms with Crippen molar-refractivity contribution in [3.05, 3.63) is 0 Å². The fraction of sp³-hybridized carbons (Fsp3) is 0.786. The highest BCUT2D eigenvalue weighted by molar-refractivity contribution is 5.99. The van der Waals surface area contributed by atoms with Crippen molar-refractivity contribution in [2.45, 2.75) is 33.0 Å². The molecule has 0 aromatic carbocycles. The Bertz CT molecular complexity index is 519. The van der Waals surface area contributed by atoms with Crippen molar-refractivity contribution < 1.29 is 37.0 Å². The lowest BCUT2D eigenvalue weighted by molar-refractivity contribution is -0.165. The lowest BCUT2D eigenvalue weighted by Gasteiger charge is -2.22. The van der Waals surface area contributed by atoms with Crippen molar-refractivity contribution in [3.8, 4) is 0 Å². The smallest absolute Gasteiger partial charge is 0.416 e. The highest BCUT2D eigenvalue weighted by Crippen LogP contribution is 2.57. The maximum absolute atomic E-state index is 13.0. The van der Waals surface area contributed by atoms with Gasteiger partial charge >= 0.3 is 18.2 Å². The van der Waals surface area contributed by atoms with Gasteiger partial charge in [0.15, 0.2) is 0 Å². The van der Waals surface area contributed by atoms with Crippen molar-refractivity contribution >= 4 is 18.0 Å². The Morgan fingerprint density at radius 2 is 1.96 bits per heavy atom. The second-order valence-corrected chi connectivity index (χ2v) is 5.97. The molecule has 1 saturated carbocycles. The number of carbonyl (C=O) groups excluding carboxylic acids is 3. The van der Waals surface area contributed by atoms with Crippen LogP contribution in [0.2, 0.25) is 0 Å². The molecular formula is C14H18F3NO5. The van der Waals surface area contributed by atoms with Gasteiger partial charge in [-0.05, 0) is 12.8 Å². The van der Waals surface area contributed by atoms with Crippen molar-refractivity contribution in [2.24, 2.45) is 23.7 Å². The van der Waals surface area contributed by atoms with Crippen LogP contribution < -0.4 is 0 Å². The molecule has 130 valence electrons. The molecule has 0 N–H and O–H groups in total. The Morgan fingerprint density at radius 1 is 1.35 bits per heavy atom. The first kappa shape index (κ1) is 17.6. The first-order valence-electron chi connectivity index (χ1n) is 7.34. The van der Waals surface area contributed by atoms with E-state index in [4.69, 9.17) is 4.74 Å². The number of hydrogen-bond donors (Lipinski definition) is 0. The molecule has 0 spiro atoms. The zero-order valence-electron chi connectivity index (χ0n) is 12.9. The average Bonchev–Trinajstić information content (AvgIpc) is 3.08. The Hall–Kier alpha value is -1.80. The number of carbonyl (C=O) groups is 3. The second-order valence-electron chi connectivity index (χ2n) is 5.97. The van der Waals surface area contributed by atoms with Gasteiger partial charge in [-0.1, -0.05) is 13.8 Å². The normalized spacial score (nSPS) is 30.4. The van der Waals surface area contributed by atoms with Gasteiger partial charge in [-0.15, -0.1) is 0 Å². The van der Waals surface area contributed by atoms with E-state index >= 15 is 0 Å². The van der Waals surface area contributed by atoms with Crippen LogP contribution in [0.1, 0.15) is 20.8 Å². The molecule has 0 radical (unpaired) electrons. The van der Waals surface area contributed by atoms with E-state index in [0.29, 0.717) is 4.90 Å². The quantitative estimate of drug-likeness (QED) is 0.734. The number of alkyl halides is 3. The van der Waals surface area contributed by atoms with Crippen LogP contribution in [0.5, 0.6) is 0 Å². The lowest BCUT2D eigenvalue weighted by Crippen LogP contribution is -2.43. The van der Waals surface area contributed by atoms with Crippen LogP contribution in [0.25, 0.3) is 0 Å². The predicted octanol–water partition coefficient (Wildman–Crippen LogP) is 1.98. The topological polar surface area (TPSA) is 72.9 Å². The van der Waals surface area contributed by atoms with Gasteiger partial charge in [-0.3, -0.25) is 9.59 Å². The molecule has 2 amide bonds. The van der Waals surface area contributed by atoms with Crippen molar-refractivity contribution in [2.75, 3.05) is 13.2 Å². The number of rotatable bonds is 4. The van der Waals surface area contributed by atoms with Crippen LogP contribution in [0, 0.1) is 23.7 Å². The van der Waals surface area contributed by atoms with Crippen LogP contribution in [-0.4, -0.2) is 48.3 Å². The first-order valence-corrected chi connectivity index (χ1v) is 7.34. The zero-order valence-corrected chi connectivity index (χ0v) is 12.9. The SMILES string of the molecule is CCOC(=O)[C@H]1[C@H](C(=O)N2C(=O)OC[C@@H]2C(C)C)[C@@H]1C(F)(F)F. The summed E-state index contributed by atoms with van der Waals surface area (Å²) in [6.45, 7) is 4.77. The van der Waals surface area contributed by atoms with Crippen molar-refractivity contribution in [1.29, 1.82) is 0 Å². The summed E-state index contributed by atoms with van der Waals surface area (Å²) in [5, 5.41) is 0. The fourth-order valence-electron chi connectivity index (χ4n) is 2.90. The van der Waals surface area contributed by atoms with Gasteiger partial charge < -0.3 is 9.47 Å². The third-order valence-electron chi connectivity index (χ3n) is 4.15. The Kier molecular flexibility index (Phi) is 4.59. The summed E-state index contributed by atoms with van der Waals surface area (Å²) in [6.07, 6.45) is -5.68. The lowest BCUT2D eigenvalue weighted by atomic mass is 10.0. The molecule has 1 aliphatic carbocycles. The number of hydrogen-bond acceptors (Lipinski definition) is 5. The van der Waals surface area contributed by atoms with Gasteiger partial charge in [0, 0.05) is 0 Å².